The van der Waals surface area contributed by atoms with Crippen molar-refractivity contribution in [3.8, 4) is 0 Å². The summed E-state index contributed by atoms with van der Waals surface area (Å²) in [6.07, 6.45) is 0.933. The maximum absolute atomic E-state index is 5.72. The first-order valence-corrected chi connectivity index (χ1v) is 6.66. The van der Waals surface area contributed by atoms with E-state index in [-0.39, 0.29) is 0 Å². The van der Waals surface area contributed by atoms with E-state index >= 15 is 0 Å². The van der Waals surface area contributed by atoms with Crippen LogP contribution in [0.1, 0.15) is 11.1 Å². The summed E-state index contributed by atoms with van der Waals surface area (Å²) in [5.74, 6) is 0. The van der Waals surface area contributed by atoms with Crippen molar-refractivity contribution in [3.05, 3.63) is 53.6 Å². The molecule has 0 fully saturated rings. The van der Waals surface area contributed by atoms with Crippen LogP contribution in [0.4, 0.5) is 11.7 Å². The molecule has 0 atom stereocenters. The van der Waals surface area contributed by atoms with E-state index in [4.69, 9.17) is 10.2 Å². The van der Waals surface area contributed by atoms with Crippen LogP contribution in [0, 0.1) is 6.92 Å². The second kappa shape index (κ2) is 5.25. The lowest BCUT2D eigenvalue weighted by Gasteiger charge is -2.03. The molecule has 0 radical (unpaired) electrons. The van der Waals surface area contributed by atoms with Gasteiger partial charge in [-0.05, 0) is 37.1 Å². The van der Waals surface area contributed by atoms with Crippen LogP contribution in [0.15, 0.2) is 46.9 Å². The van der Waals surface area contributed by atoms with Gasteiger partial charge in [0.15, 0.2) is 5.58 Å². The molecular weight excluding hydrogens is 250 g/mol. The number of oxazole rings is 1. The Morgan fingerprint density at radius 1 is 1.20 bits per heavy atom. The van der Waals surface area contributed by atoms with Gasteiger partial charge in [-0.1, -0.05) is 29.8 Å². The van der Waals surface area contributed by atoms with Gasteiger partial charge >= 0.3 is 0 Å². The molecular formula is C16H17N3O. The van der Waals surface area contributed by atoms with Crippen LogP contribution in [0.5, 0.6) is 0 Å². The molecule has 3 aromatic rings. The fourth-order valence-electron chi connectivity index (χ4n) is 2.20. The molecule has 0 aliphatic carbocycles. The highest BCUT2D eigenvalue weighted by Gasteiger charge is 2.05. The molecule has 0 unspecified atom stereocenters. The standard InChI is InChI=1S/C16H17N3O/c1-11-3-2-4-12(9-11)7-8-18-16-19-14-10-13(17)5-6-15(14)20-16/h2-6,9-10H,7-8,17H2,1H3,(H,18,19). The molecule has 0 amide bonds. The Balaban J connectivity index is 1.65. The zero-order chi connectivity index (χ0) is 13.9. The molecule has 0 spiro atoms. The molecule has 0 aliphatic heterocycles. The van der Waals surface area contributed by atoms with Crippen molar-refractivity contribution >= 4 is 22.8 Å². The van der Waals surface area contributed by atoms with Crippen LogP contribution in [0.25, 0.3) is 11.1 Å². The maximum atomic E-state index is 5.72. The summed E-state index contributed by atoms with van der Waals surface area (Å²) in [6.45, 7) is 2.88. The molecule has 0 saturated carbocycles. The van der Waals surface area contributed by atoms with E-state index in [1.807, 2.05) is 18.2 Å². The zero-order valence-corrected chi connectivity index (χ0v) is 11.4. The van der Waals surface area contributed by atoms with E-state index in [9.17, 15) is 0 Å². The monoisotopic (exact) mass is 267 g/mol. The highest BCUT2D eigenvalue weighted by molar-refractivity contribution is 5.78. The third-order valence-corrected chi connectivity index (χ3v) is 3.18. The lowest BCUT2D eigenvalue weighted by atomic mass is 10.1. The van der Waals surface area contributed by atoms with E-state index in [0.717, 1.165) is 24.1 Å². The van der Waals surface area contributed by atoms with Crippen molar-refractivity contribution < 1.29 is 4.42 Å². The Kier molecular flexibility index (Phi) is 3.29. The lowest BCUT2D eigenvalue weighted by molar-refractivity contribution is 0.614. The van der Waals surface area contributed by atoms with Gasteiger partial charge in [0.1, 0.15) is 5.52 Å². The van der Waals surface area contributed by atoms with E-state index in [2.05, 4.69) is 41.5 Å². The first-order chi connectivity index (χ1) is 9.70. The van der Waals surface area contributed by atoms with Gasteiger partial charge in [0.05, 0.1) is 0 Å². The highest BCUT2D eigenvalue weighted by atomic mass is 16.4. The third kappa shape index (κ3) is 2.74. The average molecular weight is 267 g/mol. The first kappa shape index (κ1) is 12.5. The van der Waals surface area contributed by atoms with Crippen LogP contribution in [-0.4, -0.2) is 11.5 Å². The molecule has 20 heavy (non-hydrogen) atoms. The molecule has 102 valence electrons. The van der Waals surface area contributed by atoms with Crippen LogP contribution in [0.2, 0.25) is 0 Å². The van der Waals surface area contributed by atoms with Crippen molar-refractivity contribution in [2.24, 2.45) is 0 Å². The third-order valence-electron chi connectivity index (χ3n) is 3.18. The van der Waals surface area contributed by atoms with Crippen LogP contribution in [0.3, 0.4) is 0 Å². The minimum atomic E-state index is 0.540. The average Bonchev–Trinajstić information content (AvgIpc) is 2.80. The molecule has 3 rings (SSSR count). The number of anilines is 2. The fraction of sp³-hybridized carbons (Fsp3) is 0.188. The molecule has 0 saturated heterocycles. The highest BCUT2D eigenvalue weighted by Crippen LogP contribution is 2.20. The number of hydrogen-bond acceptors (Lipinski definition) is 4. The number of benzene rings is 2. The number of nitrogen functional groups attached to an aromatic ring is 1. The van der Waals surface area contributed by atoms with Gasteiger partial charge in [-0.15, -0.1) is 0 Å². The van der Waals surface area contributed by atoms with Crippen molar-refractivity contribution in [3.63, 3.8) is 0 Å². The summed E-state index contributed by atoms with van der Waals surface area (Å²) in [7, 11) is 0. The lowest BCUT2D eigenvalue weighted by Crippen LogP contribution is -2.04. The number of nitrogens with one attached hydrogen (secondary N) is 1. The number of aryl methyl sites for hydroxylation is 1. The molecule has 2 aromatic carbocycles. The Hall–Kier alpha value is -2.49. The molecule has 4 nitrogen and oxygen atoms in total. The molecule has 0 aliphatic rings. The zero-order valence-electron chi connectivity index (χ0n) is 11.4. The second-order valence-corrected chi connectivity index (χ2v) is 4.91. The Morgan fingerprint density at radius 2 is 2.10 bits per heavy atom. The summed E-state index contributed by atoms with van der Waals surface area (Å²) in [5, 5.41) is 3.20. The topological polar surface area (TPSA) is 64.1 Å². The van der Waals surface area contributed by atoms with Gasteiger partial charge in [0, 0.05) is 12.2 Å². The largest absolute Gasteiger partial charge is 0.424 e. The molecule has 0 bridgehead atoms. The van der Waals surface area contributed by atoms with Crippen molar-refractivity contribution in [2.75, 3.05) is 17.6 Å². The quantitative estimate of drug-likeness (QED) is 0.711. The number of aromatic nitrogens is 1. The minimum absolute atomic E-state index is 0.540. The summed E-state index contributed by atoms with van der Waals surface area (Å²) in [4.78, 5) is 4.36. The minimum Gasteiger partial charge on any atom is -0.424 e. The van der Waals surface area contributed by atoms with E-state index in [0.29, 0.717) is 11.7 Å². The van der Waals surface area contributed by atoms with Crippen LogP contribution >= 0.6 is 0 Å². The first-order valence-electron chi connectivity index (χ1n) is 6.66. The summed E-state index contributed by atoms with van der Waals surface area (Å²) < 4.78 is 5.61. The number of fused-ring (bicyclic) bond motifs is 1. The van der Waals surface area contributed by atoms with Gasteiger partial charge in [-0.2, -0.15) is 4.98 Å². The van der Waals surface area contributed by atoms with Crippen molar-refractivity contribution in [2.45, 2.75) is 13.3 Å². The molecule has 1 aromatic heterocycles. The Morgan fingerprint density at radius 3 is 2.95 bits per heavy atom. The van der Waals surface area contributed by atoms with E-state index < -0.39 is 0 Å². The summed E-state index contributed by atoms with van der Waals surface area (Å²) >= 11 is 0. The SMILES string of the molecule is Cc1cccc(CCNc2nc3cc(N)ccc3o2)c1. The predicted octanol–water partition coefficient (Wildman–Crippen LogP) is 3.37. The Labute approximate surface area is 117 Å². The summed E-state index contributed by atoms with van der Waals surface area (Å²) in [5.41, 5.74) is 10.5. The number of nitrogens with zero attached hydrogens (tertiary/aromatic N) is 1. The predicted molar refractivity (Wildman–Crippen MR) is 81.8 cm³/mol. The maximum Gasteiger partial charge on any atom is 0.295 e. The van der Waals surface area contributed by atoms with Crippen molar-refractivity contribution in [1.29, 1.82) is 0 Å². The van der Waals surface area contributed by atoms with Gasteiger partial charge < -0.3 is 15.5 Å². The number of rotatable bonds is 4. The van der Waals surface area contributed by atoms with Gasteiger partial charge in [-0.25, -0.2) is 0 Å². The van der Waals surface area contributed by atoms with E-state index in [1.165, 1.54) is 11.1 Å². The number of nitrogens with two attached hydrogens (primary N) is 1. The van der Waals surface area contributed by atoms with Crippen LogP contribution < -0.4 is 11.1 Å². The normalized spacial score (nSPS) is 10.8. The molecule has 3 N–H and O–H groups in total. The Bertz CT molecular complexity index is 733. The van der Waals surface area contributed by atoms with Gasteiger partial charge in [0.2, 0.25) is 0 Å². The smallest absolute Gasteiger partial charge is 0.295 e. The van der Waals surface area contributed by atoms with Gasteiger partial charge in [0.25, 0.3) is 6.01 Å². The molecule has 1 heterocycles. The number of hydrogen-bond donors (Lipinski definition) is 2. The fourth-order valence-corrected chi connectivity index (χ4v) is 2.20. The van der Waals surface area contributed by atoms with E-state index in [1.54, 1.807) is 0 Å². The summed E-state index contributed by atoms with van der Waals surface area (Å²) in [6, 6.07) is 14.5. The van der Waals surface area contributed by atoms with Gasteiger partial charge in [-0.3, -0.25) is 0 Å². The van der Waals surface area contributed by atoms with Crippen LogP contribution in [-0.2, 0) is 6.42 Å². The molecule has 4 heteroatoms. The second-order valence-electron chi connectivity index (χ2n) is 4.91. The van der Waals surface area contributed by atoms with Crippen molar-refractivity contribution in [1.82, 2.24) is 4.98 Å².